The number of unbranched alkanes of at least 4 members (excludes halogenated alkanes) is 1. The molecule has 0 radical (unpaired) electrons. The Balaban J connectivity index is 1.94. The predicted octanol–water partition coefficient (Wildman–Crippen LogP) is 5.64. The van der Waals surface area contributed by atoms with Gasteiger partial charge in [-0.2, -0.15) is 0 Å². The minimum atomic E-state index is 0.541. The maximum atomic E-state index is 6.39. The van der Waals surface area contributed by atoms with Crippen LogP contribution >= 0.6 is 11.6 Å². The molecule has 17 heavy (non-hydrogen) atoms. The Labute approximate surface area is 113 Å². The fourth-order valence-electron chi connectivity index (χ4n) is 4.54. The third-order valence-electron chi connectivity index (χ3n) is 5.61. The first kappa shape index (κ1) is 13.7. The molecule has 0 saturated heterocycles. The lowest BCUT2D eigenvalue weighted by atomic mass is 9.68. The van der Waals surface area contributed by atoms with E-state index in [4.69, 9.17) is 11.6 Å². The molecule has 0 aromatic rings. The summed E-state index contributed by atoms with van der Waals surface area (Å²) >= 11 is 6.39. The number of hydrogen-bond acceptors (Lipinski definition) is 0. The third kappa shape index (κ3) is 2.83. The summed E-state index contributed by atoms with van der Waals surface area (Å²) in [6, 6.07) is 0. The van der Waals surface area contributed by atoms with Gasteiger partial charge >= 0.3 is 0 Å². The second kappa shape index (κ2) is 5.95. The zero-order chi connectivity index (χ0) is 12.3. The van der Waals surface area contributed by atoms with Crippen LogP contribution in [0.3, 0.4) is 0 Å². The van der Waals surface area contributed by atoms with E-state index in [-0.39, 0.29) is 0 Å². The summed E-state index contributed by atoms with van der Waals surface area (Å²) in [5.74, 6) is 3.87. The summed E-state index contributed by atoms with van der Waals surface area (Å²) in [6.07, 6.45) is 12.9. The number of rotatable bonds is 7. The van der Waals surface area contributed by atoms with Crippen LogP contribution < -0.4 is 0 Å². The molecule has 4 unspecified atom stereocenters. The first-order valence-electron chi connectivity index (χ1n) is 7.80. The molecule has 0 N–H and O–H groups in total. The van der Waals surface area contributed by atoms with E-state index in [9.17, 15) is 0 Å². The fraction of sp³-hybridized carbons (Fsp3) is 1.00. The van der Waals surface area contributed by atoms with Gasteiger partial charge in [0.25, 0.3) is 0 Å². The van der Waals surface area contributed by atoms with Crippen molar-refractivity contribution >= 4 is 11.6 Å². The van der Waals surface area contributed by atoms with Crippen molar-refractivity contribution in [3.8, 4) is 0 Å². The van der Waals surface area contributed by atoms with Gasteiger partial charge in [-0.05, 0) is 48.9 Å². The molecule has 0 amide bonds. The molecule has 0 aliphatic heterocycles. The molecule has 0 nitrogen and oxygen atoms in total. The first-order valence-corrected chi connectivity index (χ1v) is 8.33. The van der Waals surface area contributed by atoms with Gasteiger partial charge in [0.1, 0.15) is 0 Å². The van der Waals surface area contributed by atoms with Crippen molar-refractivity contribution in [1.82, 2.24) is 0 Å². The van der Waals surface area contributed by atoms with Crippen molar-refractivity contribution in [2.45, 2.75) is 71.6 Å². The molecule has 2 aliphatic rings. The number of hydrogen-bond donors (Lipinski definition) is 0. The normalized spacial score (nSPS) is 37.6. The number of alkyl halides is 1. The van der Waals surface area contributed by atoms with E-state index in [0.29, 0.717) is 5.41 Å². The molecule has 0 aromatic heterocycles. The average molecular weight is 257 g/mol. The van der Waals surface area contributed by atoms with Gasteiger partial charge in [-0.1, -0.05) is 46.0 Å². The predicted molar refractivity (Wildman–Crippen MR) is 76.5 cm³/mol. The molecule has 2 bridgehead atoms. The number of halogens is 1. The van der Waals surface area contributed by atoms with Gasteiger partial charge in [-0.25, -0.2) is 0 Å². The van der Waals surface area contributed by atoms with Crippen LogP contribution in [0.5, 0.6) is 0 Å². The molecule has 2 fully saturated rings. The maximum Gasteiger partial charge on any atom is 0.0282 e. The molecule has 4 atom stereocenters. The largest absolute Gasteiger partial charge is 0.126 e. The molecule has 0 spiro atoms. The van der Waals surface area contributed by atoms with Crippen molar-refractivity contribution in [3.63, 3.8) is 0 Å². The Bertz CT molecular complexity index is 238. The Kier molecular flexibility index (Phi) is 4.80. The van der Waals surface area contributed by atoms with Gasteiger partial charge in [0, 0.05) is 5.88 Å². The summed E-state index contributed by atoms with van der Waals surface area (Å²) in [6.45, 7) is 4.68. The highest BCUT2D eigenvalue weighted by Gasteiger charge is 2.50. The third-order valence-corrected chi connectivity index (χ3v) is 6.14. The van der Waals surface area contributed by atoms with Crippen LogP contribution in [0.4, 0.5) is 0 Å². The summed E-state index contributed by atoms with van der Waals surface area (Å²) in [4.78, 5) is 0. The van der Waals surface area contributed by atoms with Crippen LogP contribution in [0.15, 0.2) is 0 Å². The van der Waals surface area contributed by atoms with Crippen molar-refractivity contribution < 1.29 is 0 Å². The molecule has 0 heterocycles. The minimum Gasteiger partial charge on any atom is -0.126 e. The maximum absolute atomic E-state index is 6.39. The van der Waals surface area contributed by atoms with Crippen LogP contribution in [-0.4, -0.2) is 5.88 Å². The molecule has 100 valence electrons. The zero-order valence-corrected chi connectivity index (χ0v) is 12.4. The molecule has 2 rings (SSSR count). The van der Waals surface area contributed by atoms with E-state index in [1.54, 1.807) is 0 Å². The zero-order valence-electron chi connectivity index (χ0n) is 11.7. The second-order valence-corrected chi connectivity index (χ2v) is 6.96. The summed E-state index contributed by atoms with van der Waals surface area (Å²) in [5.41, 5.74) is 0.541. The quantitative estimate of drug-likeness (QED) is 0.517. The number of fused-ring (bicyclic) bond motifs is 2. The Morgan fingerprint density at radius 3 is 2.59 bits per heavy atom. The standard InChI is InChI=1S/C16H29Cl/c1-3-5-6-13(4-2)10-16(12-17)11-14-7-8-15(16)9-14/h13-15H,3-12H2,1-2H3. The van der Waals surface area contributed by atoms with Crippen molar-refractivity contribution in [1.29, 1.82) is 0 Å². The monoisotopic (exact) mass is 256 g/mol. The SMILES string of the molecule is CCCCC(CC)CC1(CCl)CC2CCC1C2. The Morgan fingerprint density at radius 1 is 1.29 bits per heavy atom. The lowest BCUT2D eigenvalue weighted by molar-refractivity contribution is 0.139. The van der Waals surface area contributed by atoms with Crippen molar-refractivity contribution in [2.75, 3.05) is 5.88 Å². The van der Waals surface area contributed by atoms with E-state index in [1.807, 2.05) is 0 Å². The summed E-state index contributed by atoms with van der Waals surface area (Å²) < 4.78 is 0. The van der Waals surface area contributed by atoms with E-state index < -0.39 is 0 Å². The van der Waals surface area contributed by atoms with Crippen LogP contribution in [0.1, 0.15) is 71.6 Å². The Morgan fingerprint density at radius 2 is 2.12 bits per heavy atom. The van der Waals surface area contributed by atoms with Gasteiger partial charge in [-0.15, -0.1) is 11.6 Å². The minimum absolute atomic E-state index is 0.541. The van der Waals surface area contributed by atoms with E-state index in [2.05, 4.69) is 13.8 Å². The second-order valence-electron chi connectivity index (χ2n) is 6.70. The molecular weight excluding hydrogens is 228 g/mol. The van der Waals surface area contributed by atoms with Gasteiger partial charge in [0.15, 0.2) is 0 Å². The van der Waals surface area contributed by atoms with Crippen LogP contribution in [0.25, 0.3) is 0 Å². The van der Waals surface area contributed by atoms with E-state index in [0.717, 1.165) is 23.6 Å². The van der Waals surface area contributed by atoms with E-state index >= 15 is 0 Å². The highest BCUT2D eigenvalue weighted by molar-refractivity contribution is 6.18. The topological polar surface area (TPSA) is 0 Å². The smallest absolute Gasteiger partial charge is 0.0282 e. The van der Waals surface area contributed by atoms with Gasteiger partial charge in [0.05, 0.1) is 0 Å². The average Bonchev–Trinajstić information content (AvgIpc) is 2.95. The summed E-state index contributed by atoms with van der Waals surface area (Å²) in [7, 11) is 0. The van der Waals surface area contributed by atoms with Gasteiger partial charge in [0.2, 0.25) is 0 Å². The van der Waals surface area contributed by atoms with Crippen molar-refractivity contribution in [3.05, 3.63) is 0 Å². The van der Waals surface area contributed by atoms with Gasteiger partial charge in [-0.3, -0.25) is 0 Å². The first-order chi connectivity index (χ1) is 8.24. The fourth-order valence-corrected chi connectivity index (χ4v) is 4.98. The summed E-state index contributed by atoms with van der Waals surface area (Å²) in [5, 5.41) is 0. The molecule has 0 aromatic carbocycles. The van der Waals surface area contributed by atoms with Crippen molar-refractivity contribution in [2.24, 2.45) is 23.2 Å². The lowest BCUT2D eigenvalue weighted by Gasteiger charge is -2.39. The highest BCUT2D eigenvalue weighted by Crippen LogP contribution is 2.59. The van der Waals surface area contributed by atoms with Crippen LogP contribution in [0.2, 0.25) is 0 Å². The molecule has 2 aliphatic carbocycles. The van der Waals surface area contributed by atoms with E-state index in [1.165, 1.54) is 57.8 Å². The van der Waals surface area contributed by atoms with Crippen LogP contribution in [-0.2, 0) is 0 Å². The lowest BCUT2D eigenvalue weighted by Crippen LogP contribution is -2.32. The highest BCUT2D eigenvalue weighted by atomic mass is 35.5. The van der Waals surface area contributed by atoms with Gasteiger partial charge < -0.3 is 0 Å². The Hall–Kier alpha value is 0.290. The molecule has 2 saturated carbocycles. The van der Waals surface area contributed by atoms with Crippen LogP contribution in [0, 0.1) is 23.2 Å². The molecular formula is C16H29Cl. The molecule has 1 heteroatoms.